The van der Waals surface area contributed by atoms with Crippen LogP contribution in [0.15, 0.2) is 30.6 Å². The maximum absolute atomic E-state index is 12.1. The molecule has 2 rings (SSSR count). The molecule has 0 bridgehead atoms. The standard InChI is InChI=1S/C18H27N5O2/c1-13(2)9-10-25-16-8-6-5-7-15(16)11-19-18(24)21-14(3)17-22-20-12-23(17)4/h5-8,12-14H,9-11H2,1-4H3,(H2,19,21,24). The molecule has 1 atom stereocenters. The fourth-order valence-electron chi connectivity index (χ4n) is 2.37. The van der Waals surface area contributed by atoms with Gasteiger partial charge in [0.25, 0.3) is 0 Å². The van der Waals surface area contributed by atoms with Crippen LogP contribution in [0.5, 0.6) is 5.75 Å². The monoisotopic (exact) mass is 345 g/mol. The minimum Gasteiger partial charge on any atom is -0.493 e. The van der Waals surface area contributed by atoms with Crippen LogP contribution in [0.4, 0.5) is 4.79 Å². The number of nitrogens with zero attached hydrogens (tertiary/aromatic N) is 3. The van der Waals surface area contributed by atoms with Gasteiger partial charge in [-0.1, -0.05) is 32.0 Å². The van der Waals surface area contributed by atoms with Crippen molar-refractivity contribution in [2.24, 2.45) is 13.0 Å². The highest BCUT2D eigenvalue weighted by molar-refractivity contribution is 5.74. The fraction of sp³-hybridized carbons (Fsp3) is 0.500. The first-order valence-electron chi connectivity index (χ1n) is 8.56. The number of amides is 2. The average Bonchev–Trinajstić information content (AvgIpc) is 3.00. The number of rotatable bonds is 8. The van der Waals surface area contributed by atoms with E-state index in [4.69, 9.17) is 4.74 Å². The molecule has 1 heterocycles. The molecule has 0 saturated heterocycles. The minimum atomic E-state index is -0.257. The van der Waals surface area contributed by atoms with E-state index in [1.165, 1.54) is 0 Å². The zero-order valence-corrected chi connectivity index (χ0v) is 15.3. The largest absolute Gasteiger partial charge is 0.493 e. The zero-order chi connectivity index (χ0) is 18.2. The molecule has 0 saturated carbocycles. The Bertz CT molecular complexity index is 684. The molecule has 136 valence electrons. The number of ether oxygens (including phenoxy) is 1. The molecule has 0 spiro atoms. The Labute approximate surface area is 148 Å². The number of urea groups is 1. The minimum absolute atomic E-state index is 0.231. The second-order valence-electron chi connectivity index (χ2n) is 6.49. The van der Waals surface area contributed by atoms with Crippen LogP contribution in [0.1, 0.15) is 44.6 Å². The van der Waals surface area contributed by atoms with Crippen molar-refractivity contribution < 1.29 is 9.53 Å². The number of nitrogens with one attached hydrogen (secondary N) is 2. The number of aryl methyl sites for hydroxylation is 1. The van der Waals surface area contributed by atoms with Crippen molar-refractivity contribution in [1.29, 1.82) is 0 Å². The van der Waals surface area contributed by atoms with Gasteiger partial charge in [0.1, 0.15) is 12.1 Å². The van der Waals surface area contributed by atoms with Gasteiger partial charge in [-0.2, -0.15) is 0 Å². The summed E-state index contributed by atoms with van der Waals surface area (Å²) in [7, 11) is 1.84. The fourth-order valence-corrected chi connectivity index (χ4v) is 2.37. The molecule has 1 aromatic heterocycles. The lowest BCUT2D eigenvalue weighted by Gasteiger charge is -2.15. The quantitative estimate of drug-likeness (QED) is 0.771. The van der Waals surface area contributed by atoms with Crippen LogP contribution >= 0.6 is 0 Å². The van der Waals surface area contributed by atoms with E-state index >= 15 is 0 Å². The number of benzene rings is 1. The van der Waals surface area contributed by atoms with Crippen molar-refractivity contribution >= 4 is 6.03 Å². The highest BCUT2D eigenvalue weighted by atomic mass is 16.5. The van der Waals surface area contributed by atoms with Crippen LogP contribution in [0, 0.1) is 5.92 Å². The molecule has 7 nitrogen and oxygen atoms in total. The lowest BCUT2D eigenvalue weighted by molar-refractivity contribution is 0.236. The van der Waals surface area contributed by atoms with Crippen molar-refractivity contribution in [3.05, 3.63) is 42.0 Å². The average molecular weight is 345 g/mol. The Morgan fingerprint density at radius 1 is 1.28 bits per heavy atom. The molecule has 2 amide bonds. The Hall–Kier alpha value is -2.57. The van der Waals surface area contributed by atoms with Crippen LogP contribution in [0.25, 0.3) is 0 Å². The van der Waals surface area contributed by atoms with Crippen molar-refractivity contribution in [3.63, 3.8) is 0 Å². The molecule has 0 radical (unpaired) electrons. The summed E-state index contributed by atoms with van der Waals surface area (Å²) in [4.78, 5) is 12.1. The summed E-state index contributed by atoms with van der Waals surface area (Å²) in [5.41, 5.74) is 0.952. The highest BCUT2D eigenvalue weighted by Crippen LogP contribution is 2.18. The molecular weight excluding hydrogens is 318 g/mol. The number of para-hydroxylation sites is 1. The topological polar surface area (TPSA) is 81.1 Å². The summed E-state index contributed by atoms with van der Waals surface area (Å²) in [6.45, 7) is 7.27. The van der Waals surface area contributed by atoms with E-state index in [0.29, 0.717) is 24.9 Å². The molecule has 0 aliphatic rings. The lowest BCUT2D eigenvalue weighted by atomic mass is 10.1. The first-order chi connectivity index (χ1) is 12.0. The van der Waals surface area contributed by atoms with Crippen LogP contribution in [-0.4, -0.2) is 27.4 Å². The van der Waals surface area contributed by atoms with Gasteiger partial charge in [0.15, 0.2) is 5.82 Å². The van der Waals surface area contributed by atoms with Gasteiger partial charge in [-0.15, -0.1) is 10.2 Å². The molecule has 1 unspecified atom stereocenters. The van der Waals surface area contributed by atoms with E-state index in [0.717, 1.165) is 17.7 Å². The Balaban J connectivity index is 1.86. The number of carbonyl (C=O) groups is 1. The molecule has 0 aliphatic heterocycles. The van der Waals surface area contributed by atoms with E-state index in [-0.39, 0.29) is 12.1 Å². The lowest BCUT2D eigenvalue weighted by Crippen LogP contribution is -2.37. The summed E-state index contributed by atoms with van der Waals surface area (Å²) in [5, 5.41) is 13.5. The van der Waals surface area contributed by atoms with Crippen molar-refractivity contribution in [2.75, 3.05) is 6.61 Å². The summed E-state index contributed by atoms with van der Waals surface area (Å²) in [6.07, 6.45) is 2.60. The van der Waals surface area contributed by atoms with Gasteiger partial charge in [0.05, 0.1) is 12.6 Å². The van der Waals surface area contributed by atoms with Crippen LogP contribution in [0.2, 0.25) is 0 Å². The van der Waals surface area contributed by atoms with Crippen molar-refractivity contribution in [1.82, 2.24) is 25.4 Å². The number of hydrogen-bond donors (Lipinski definition) is 2. The van der Waals surface area contributed by atoms with Crippen LogP contribution in [-0.2, 0) is 13.6 Å². The Morgan fingerprint density at radius 2 is 2.04 bits per heavy atom. The van der Waals surface area contributed by atoms with Gasteiger partial charge in [-0.05, 0) is 25.3 Å². The second-order valence-corrected chi connectivity index (χ2v) is 6.49. The van der Waals surface area contributed by atoms with E-state index in [2.05, 4.69) is 34.7 Å². The van der Waals surface area contributed by atoms with E-state index in [9.17, 15) is 4.79 Å². The molecule has 2 aromatic rings. The first-order valence-corrected chi connectivity index (χ1v) is 8.56. The maximum Gasteiger partial charge on any atom is 0.315 e. The third kappa shape index (κ3) is 5.77. The van der Waals surface area contributed by atoms with E-state index in [1.807, 2.05) is 38.2 Å². The van der Waals surface area contributed by atoms with Gasteiger partial charge < -0.3 is 19.9 Å². The van der Waals surface area contributed by atoms with E-state index in [1.54, 1.807) is 10.9 Å². The third-order valence-corrected chi connectivity index (χ3v) is 3.85. The molecule has 2 N–H and O–H groups in total. The summed E-state index contributed by atoms with van der Waals surface area (Å²) in [5.74, 6) is 2.11. The van der Waals surface area contributed by atoms with Crippen molar-refractivity contribution in [2.45, 2.75) is 39.8 Å². The summed E-state index contributed by atoms with van der Waals surface area (Å²) >= 11 is 0. The number of carbonyl (C=O) groups excluding carboxylic acids is 1. The molecule has 7 heteroatoms. The third-order valence-electron chi connectivity index (χ3n) is 3.85. The molecule has 0 fully saturated rings. The summed E-state index contributed by atoms with van der Waals surface area (Å²) in [6, 6.07) is 7.27. The van der Waals surface area contributed by atoms with Gasteiger partial charge in [-0.25, -0.2) is 4.79 Å². The van der Waals surface area contributed by atoms with E-state index < -0.39 is 0 Å². The van der Waals surface area contributed by atoms with Gasteiger partial charge >= 0.3 is 6.03 Å². The molecule has 0 aliphatic carbocycles. The molecule has 25 heavy (non-hydrogen) atoms. The first kappa shape index (κ1) is 18.8. The second kappa shape index (κ2) is 9.05. The Kier molecular flexibility index (Phi) is 6.80. The SMILES string of the molecule is CC(C)CCOc1ccccc1CNC(=O)NC(C)c1nncn1C. The predicted molar refractivity (Wildman–Crippen MR) is 96.2 cm³/mol. The van der Waals surface area contributed by atoms with Gasteiger partial charge in [-0.3, -0.25) is 0 Å². The molecule has 1 aromatic carbocycles. The smallest absolute Gasteiger partial charge is 0.315 e. The van der Waals surface area contributed by atoms with Crippen LogP contribution < -0.4 is 15.4 Å². The van der Waals surface area contributed by atoms with Crippen molar-refractivity contribution in [3.8, 4) is 5.75 Å². The predicted octanol–water partition coefficient (Wildman–Crippen LogP) is 2.80. The maximum atomic E-state index is 12.1. The number of aromatic nitrogens is 3. The van der Waals surface area contributed by atoms with Gasteiger partial charge in [0, 0.05) is 19.2 Å². The summed E-state index contributed by atoms with van der Waals surface area (Å²) < 4.78 is 7.62. The molecular formula is C18H27N5O2. The zero-order valence-electron chi connectivity index (χ0n) is 15.3. The van der Waals surface area contributed by atoms with Crippen LogP contribution in [0.3, 0.4) is 0 Å². The highest BCUT2D eigenvalue weighted by Gasteiger charge is 2.14. The number of hydrogen-bond acceptors (Lipinski definition) is 4. The normalized spacial score (nSPS) is 12.0. The van der Waals surface area contributed by atoms with Gasteiger partial charge in [0.2, 0.25) is 0 Å². The Morgan fingerprint density at radius 3 is 2.72 bits per heavy atom.